The van der Waals surface area contributed by atoms with Crippen molar-refractivity contribution in [2.45, 2.75) is 9.64 Å². The van der Waals surface area contributed by atoms with E-state index >= 15 is 0 Å². The van der Waals surface area contributed by atoms with E-state index in [1.807, 2.05) is 0 Å². The van der Waals surface area contributed by atoms with E-state index in [1.165, 1.54) is 12.1 Å². The normalized spacial score (nSPS) is 18.8. The molecule has 1 aliphatic rings. The van der Waals surface area contributed by atoms with Gasteiger partial charge in [-0.25, -0.2) is 8.42 Å². The van der Waals surface area contributed by atoms with Gasteiger partial charge in [0.15, 0.2) is 9.84 Å². The van der Waals surface area contributed by atoms with Crippen LogP contribution in [-0.4, -0.2) is 37.5 Å². The van der Waals surface area contributed by atoms with E-state index in [9.17, 15) is 13.2 Å². The Morgan fingerprint density at radius 1 is 1.25 bits per heavy atom. The summed E-state index contributed by atoms with van der Waals surface area (Å²) in [6, 6.07) is 7.56. The number of aliphatic carboxylic acids is 1. The number of sulfone groups is 1. The van der Waals surface area contributed by atoms with Crippen molar-refractivity contribution in [2.75, 3.05) is 13.2 Å². The molecule has 86 valence electrons. The lowest BCUT2D eigenvalue weighted by Crippen LogP contribution is -2.61. The Morgan fingerprint density at radius 2 is 1.81 bits per heavy atom. The van der Waals surface area contributed by atoms with Gasteiger partial charge in [0.25, 0.3) is 0 Å². The molecule has 2 rings (SSSR count). The maximum absolute atomic E-state index is 12.1. The molecule has 6 heteroatoms. The van der Waals surface area contributed by atoms with Crippen molar-refractivity contribution in [2.24, 2.45) is 0 Å². The minimum absolute atomic E-state index is 0.0145. The van der Waals surface area contributed by atoms with Gasteiger partial charge in [-0.3, -0.25) is 4.79 Å². The van der Waals surface area contributed by atoms with E-state index in [2.05, 4.69) is 0 Å². The molecule has 0 spiro atoms. The zero-order valence-electron chi connectivity index (χ0n) is 8.29. The van der Waals surface area contributed by atoms with Crippen LogP contribution in [0.25, 0.3) is 0 Å². The van der Waals surface area contributed by atoms with Crippen LogP contribution in [0.3, 0.4) is 0 Å². The molecule has 1 fully saturated rings. The molecule has 0 atom stereocenters. The molecule has 0 aromatic heterocycles. The first-order valence-corrected chi connectivity index (χ1v) is 6.10. The highest BCUT2D eigenvalue weighted by atomic mass is 32.2. The van der Waals surface area contributed by atoms with Crippen LogP contribution in [0.15, 0.2) is 35.2 Å². The molecule has 0 unspecified atom stereocenters. The van der Waals surface area contributed by atoms with Crippen LogP contribution in [0.2, 0.25) is 0 Å². The predicted octanol–water partition coefficient (Wildman–Crippen LogP) is 0.314. The largest absolute Gasteiger partial charge is 0.480 e. The second-order valence-corrected chi connectivity index (χ2v) is 5.87. The number of carboxylic acids is 1. The Balaban J connectivity index is 2.51. The lowest BCUT2D eigenvalue weighted by Gasteiger charge is -2.36. The van der Waals surface area contributed by atoms with Gasteiger partial charge in [0.2, 0.25) is 4.75 Å². The summed E-state index contributed by atoms with van der Waals surface area (Å²) in [5.74, 6) is -1.36. The lowest BCUT2D eigenvalue weighted by atomic mass is 10.1. The molecule has 1 aromatic rings. The maximum Gasteiger partial charge on any atom is 0.330 e. The summed E-state index contributed by atoms with van der Waals surface area (Å²) in [5, 5.41) is 9.02. The van der Waals surface area contributed by atoms with Crippen molar-refractivity contribution in [3.63, 3.8) is 0 Å². The van der Waals surface area contributed by atoms with Crippen LogP contribution in [0.5, 0.6) is 0 Å². The summed E-state index contributed by atoms with van der Waals surface area (Å²) in [7, 11) is -3.89. The van der Waals surface area contributed by atoms with Gasteiger partial charge < -0.3 is 9.84 Å². The van der Waals surface area contributed by atoms with E-state index in [-0.39, 0.29) is 18.1 Å². The number of hydrogen-bond acceptors (Lipinski definition) is 4. The average Bonchev–Trinajstić information content (AvgIpc) is 2.16. The van der Waals surface area contributed by atoms with Crippen molar-refractivity contribution in [3.8, 4) is 0 Å². The van der Waals surface area contributed by atoms with Gasteiger partial charge in [0, 0.05) is 0 Å². The van der Waals surface area contributed by atoms with Crippen molar-refractivity contribution in [3.05, 3.63) is 30.3 Å². The minimum Gasteiger partial charge on any atom is -0.480 e. The van der Waals surface area contributed by atoms with Gasteiger partial charge in [-0.2, -0.15) is 0 Å². The maximum atomic E-state index is 12.1. The summed E-state index contributed by atoms with van der Waals surface area (Å²) in [6.45, 7) is -0.584. The van der Waals surface area contributed by atoms with E-state index in [0.29, 0.717) is 0 Å². The van der Waals surface area contributed by atoms with Gasteiger partial charge in [0.1, 0.15) is 0 Å². The fourth-order valence-corrected chi connectivity index (χ4v) is 3.18. The highest BCUT2D eigenvalue weighted by Gasteiger charge is 2.58. The van der Waals surface area contributed by atoms with Crippen LogP contribution >= 0.6 is 0 Å². The zero-order valence-corrected chi connectivity index (χ0v) is 9.11. The van der Waals surface area contributed by atoms with E-state index in [0.717, 1.165) is 0 Å². The highest BCUT2D eigenvalue weighted by Crippen LogP contribution is 2.32. The Morgan fingerprint density at radius 3 is 2.19 bits per heavy atom. The van der Waals surface area contributed by atoms with Crippen LogP contribution in [0, 0.1) is 0 Å². The quantitative estimate of drug-likeness (QED) is 0.825. The lowest BCUT2D eigenvalue weighted by molar-refractivity contribution is -0.152. The number of hydrogen-bond donors (Lipinski definition) is 1. The summed E-state index contributed by atoms with van der Waals surface area (Å²) < 4.78 is 27.2. The third-order valence-electron chi connectivity index (χ3n) is 2.63. The predicted molar refractivity (Wildman–Crippen MR) is 54.8 cm³/mol. The Hall–Kier alpha value is -1.40. The molecule has 0 bridgehead atoms. The number of benzene rings is 1. The molecule has 16 heavy (non-hydrogen) atoms. The second-order valence-electron chi connectivity index (χ2n) is 3.61. The van der Waals surface area contributed by atoms with Gasteiger partial charge in [-0.05, 0) is 12.1 Å². The minimum atomic E-state index is -3.89. The van der Waals surface area contributed by atoms with E-state index in [4.69, 9.17) is 9.84 Å². The van der Waals surface area contributed by atoms with Crippen LogP contribution in [-0.2, 0) is 19.4 Å². The number of rotatable bonds is 3. The van der Waals surface area contributed by atoms with Crippen molar-refractivity contribution < 1.29 is 23.1 Å². The van der Waals surface area contributed by atoms with Crippen LogP contribution in [0.4, 0.5) is 0 Å². The second kappa shape index (κ2) is 3.57. The van der Waals surface area contributed by atoms with Crippen molar-refractivity contribution >= 4 is 15.8 Å². The SMILES string of the molecule is O=C(O)C1(S(=O)(=O)c2ccccc2)COC1. The van der Waals surface area contributed by atoms with Gasteiger partial charge in [-0.1, -0.05) is 18.2 Å². The van der Waals surface area contributed by atoms with Crippen LogP contribution < -0.4 is 0 Å². The first-order valence-electron chi connectivity index (χ1n) is 4.61. The van der Waals surface area contributed by atoms with Gasteiger partial charge >= 0.3 is 5.97 Å². The first kappa shape index (κ1) is 11.1. The zero-order chi connectivity index (χ0) is 11.8. The molecule has 0 saturated carbocycles. The Bertz CT molecular complexity index is 501. The van der Waals surface area contributed by atoms with Crippen LogP contribution in [0.1, 0.15) is 0 Å². The summed E-state index contributed by atoms with van der Waals surface area (Å²) >= 11 is 0. The average molecular weight is 242 g/mol. The Labute approximate surface area is 92.6 Å². The Kier molecular flexibility index (Phi) is 2.47. The molecule has 0 aliphatic carbocycles. The van der Waals surface area contributed by atoms with Crippen molar-refractivity contribution in [1.82, 2.24) is 0 Å². The molecule has 0 amide bonds. The topological polar surface area (TPSA) is 80.7 Å². The fourth-order valence-electron chi connectivity index (χ4n) is 1.51. The summed E-state index contributed by atoms with van der Waals surface area (Å²) in [6.07, 6.45) is 0. The molecule has 1 aromatic carbocycles. The molecule has 0 radical (unpaired) electrons. The molecule has 1 saturated heterocycles. The van der Waals surface area contributed by atoms with Gasteiger partial charge in [0.05, 0.1) is 18.1 Å². The number of carboxylic acid groups (broad SMARTS) is 1. The first-order chi connectivity index (χ1) is 7.51. The van der Waals surface area contributed by atoms with E-state index < -0.39 is 20.6 Å². The third-order valence-corrected chi connectivity index (χ3v) is 4.96. The number of ether oxygens (including phenoxy) is 1. The molecule has 5 nitrogen and oxygen atoms in total. The van der Waals surface area contributed by atoms with E-state index in [1.54, 1.807) is 18.2 Å². The standard InChI is InChI=1S/C10H10O5S/c11-9(12)10(6-15-7-10)16(13,14)8-4-2-1-3-5-8/h1-5H,6-7H2,(H,11,12). The number of carbonyl (C=O) groups is 1. The summed E-state index contributed by atoms with van der Waals surface area (Å²) in [5.41, 5.74) is 0. The molecular weight excluding hydrogens is 232 g/mol. The van der Waals surface area contributed by atoms with Crippen molar-refractivity contribution in [1.29, 1.82) is 0 Å². The fraction of sp³-hybridized carbons (Fsp3) is 0.300. The molecule has 1 N–H and O–H groups in total. The monoisotopic (exact) mass is 242 g/mol. The molecule has 1 aliphatic heterocycles. The van der Waals surface area contributed by atoms with Gasteiger partial charge in [-0.15, -0.1) is 0 Å². The summed E-state index contributed by atoms with van der Waals surface area (Å²) in [4.78, 5) is 11.1. The molecule has 1 heterocycles. The smallest absolute Gasteiger partial charge is 0.330 e. The third kappa shape index (κ3) is 1.34. The highest BCUT2D eigenvalue weighted by molar-refractivity contribution is 7.93. The molecular formula is C10H10O5S.